The van der Waals surface area contributed by atoms with Gasteiger partial charge in [0.1, 0.15) is 11.5 Å². The summed E-state index contributed by atoms with van der Waals surface area (Å²) in [5, 5.41) is 1.81. The molecule has 3 aromatic rings. The van der Waals surface area contributed by atoms with Gasteiger partial charge in [0.15, 0.2) is 0 Å². The van der Waals surface area contributed by atoms with E-state index in [1.54, 1.807) is 5.51 Å². The zero-order chi connectivity index (χ0) is 23.9. The molecule has 0 spiro atoms. The predicted octanol–water partition coefficient (Wildman–Crippen LogP) is 3.59. The number of rotatable bonds is 4. The molecule has 2 aromatic heterocycles. The van der Waals surface area contributed by atoms with E-state index in [9.17, 15) is 9.59 Å². The summed E-state index contributed by atoms with van der Waals surface area (Å²) in [6.07, 6.45) is 6.34. The monoisotopic (exact) mass is 492 g/mol. The van der Waals surface area contributed by atoms with Crippen molar-refractivity contribution in [3.8, 4) is 0 Å². The fourth-order valence-corrected chi connectivity index (χ4v) is 6.48. The minimum Gasteiger partial charge on any atom is -0.335 e. The number of nitrogens with zero attached hydrogens (tertiary/aromatic N) is 6. The van der Waals surface area contributed by atoms with Crippen LogP contribution in [0.3, 0.4) is 0 Å². The number of aryl methyl sites for hydroxylation is 1. The molecule has 2 amide bonds. The number of carbonyl (C=O) groups excluding carboxylic acids is 2. The van der Waals surface area contributed by atoms with Crippen LogP contribution in [0.5, 0.6) is 0 Å². The Morgan fingerprint density at radius 2 is 1.71 bits per heavy atom. The van der Waals surface area contributed by atoms with Gasteiger partial charge in [-0.05, 0) is 38.0 Å². The molecule has 1 aliphatic carbocycles. The van der Waals surface area contributed by atoms with Crippen LogP contribution < -0.4 is 0 Å². The van der Waals surface area contributed by atoms with Crippen molar-refractivity contribution in [1.82, 2.24) is 29.2 Å². The first-order valence-corrected chi connectivity index (χ1v) is 13.7. The third-order valence-corrected chi connectivity index (χ3v) is 8.56. The Labute approximate surface area is 209 Å². The van der Waals surface area contributed by atoms with E-state index in [0.717, 1.165) is 48.6 Å². The van der Waals surface area contributed by atoms with Crippen molar-refractivity contribution >= 4 is 34.2 Å². The molecule has 1 aromatic carbocycles. The Kier molecular flexibility index (Phi) is 6.06. The summed E-state index contributed by atoms with van der Waals surface area (Å²) in [5.74, 6) is 1.16. The van der Waals surface area contributed by atoms with Gasteiger partial charge in [-0.1, -0.05) is 19.3 Å². The summed E-state index contributed by atoms with van der Waals surface area (Å²) >= 11 is 1.45. The second-order valence-electron chi connectivity index (χ2n) is 10.1. The van der Waals surface area contributed by atoms with Crippen LogP contribution in [0.25, 0.3) is 11.0 Å². The van der Waals surface area contributed by atoms with E-state index in [1.807, 2.05) is 27.3 Å². The molecule has 6 rings (SSSR count). The van der Waals surface area contributed by atoms with Crippen molar-refractivity contribution in [3.63, 3.8) is 0 Å². The zero-order valence-electron chi connectivity index (χ0n) is 20.2. The highest BCUT2D eigenvalue weighted by Gasteiger charge is 2.37. The van der Waals surface area contributed by atoms with E-state index in [1.165, 1.54) is 43.4 Å². The molecule has 0 unspecified atom stereocenters. The van der Waals surface area contributed by atoms with Crippen molar-refractivity contribution in [2.24, 2.45) is 0 Å². The molecule has 0 radical (unpaired) electrons. The number of carbonyl (C=O) groups is 2. The van der Waals surface area contributed by atoms with Crippen molar-refractivity contribution in [2.45, 2.75) is 51.1 Å². The van der Waals surface area contributed by atoms with Gasteiger partial charge in [0.05, 0.1) is 16.5 Å². The number of hydrogen-bond donors (Lipinski definition) is 0. The first-order valence-electron chi connectivity index (χ1n) is 12.8. The standard InChI is InChI=1S/C26H32N6O2S/c1-18-28-22-13-19(7-8-24(22)32(18)20-5-3-2-4-6-20)25(33)31-14-21(15-31)29-9-11-30(12-10-29)26(34)23-16-35-17-27-23/h7-8,13,16-17,20-21H,2-6,9-12,14-15H2,1H3. The molecule has 35 heavy (non-hydrogen) atoms. The van der Waals surface area contributed by atoms with Crippen molar-refractivity contribution in [2.75, 3.05) is 39.3 Å². The van der Waals surface area contributed by atoms with E-state index in [2.05, 4.69) is 27.4 Å². The van der Waals surface area contributed by atoms with Crippen LogP contribution in [0.1, 0.15) is 64.8 Å². The highest BCUT2D eigenvalue weighted by Crippen LogP contribution is 2.33. The average molecular weight is 493 g/mol. The number of likely N-dealkylation sites (tertiary alicyclic amines) is 1. The van der Waals surface area contributed by atoms with Gasteiger partial charge in [0.25, 0.3) is 11.8 Å². The molecular formula is C26H32N6O2S. The number of benzene rings is 1. The summed E-state index contributed by atoms with van der Waals surface area (Å²) < 4.78 is 2.39. The van der Waals surface area contributed by atoms with Crippen molar-refractivity contribution in [3.05, 3.63) is 46.2 Å². The minimum absolute atomic E-state index is 0.0212. The third-order valence-electron chi connectivity index (χ3n) is 7.97. The Morgan fingerprint density at radius 3 is 2.43 bits per heavy atom. The van der Waals surface area contributed by atoms with Crippen LogP contribution in [0.2, 0.25) is 0 Å². The van der Waals surface area contributed by atoms with E-state index >= 15 is 0 Å². The molecule has 1 saturated carbocycles. The summed E-state index contributed by atoms with van der Waals surface area (Å²) in [6, 6.07) is 6.93. The zero-order valence-corrected chi connectivity index (χ0v) is 21.0. The van der Waals surface area contributed by atoms with Gasteiger partial charge in [0.2, 0.25) is 0 Å². The van der Waals surface area contributed by atoms with Crippen LogP contribution in [-0.2, 0) is 0 Å². The second-order valence-corrected chi connectivity index (χ2v) is 10.8. The van der Waals surface area contributed by atoms with Gasteiger partial charge in [-0.25, -0.2) is 9.97 Å². The van der Waals surface area contributed by atoms with Crippen LogP contribution in [0.15, 0.2) is 29.1 Å². The Morgan fingerprint density at radius 1 is 0.943 bits per heavy atom. The molecule has 184 valence electrons. The number of thiazole rings is 1. The second kappa shape index (κ2) is 9.35. The lowest BCUT2D eigenvalue weighted by Gasteiger charge is -2.48. The first-order chi connectivity index (χ1) is 17.1. The van der Waals surface area contributed by atoms with Gasteiger partial charge in [-0.3, -0.25) is 14.5 Å². The van der Waals surface area contributed by atoms with Gasteiger partial charge in [-0.2, -0.15) is 0 Å². The molecule has 9 heteroatoms. The lowest BCUT2D eigenvalue weighted by molar-refractivity contribution is 0.00844. The summed E-state index contributed by atoms with van der Waals surface area (Å²) in [7, 11) is 0. The maximum absolute atomic E-state index is 13.2. The molecule has 3 aliphatic rings. The molecule has 2 aliphatic heterocycles. The third kappa shape index (κ3) is 4.25. The Bertz CT molecular complexity index is 1220. The van der Waals surface area contributed by atoms with E-state index in [0.29, 0.717) is 30.9 Å². The first kappa shape index (κ1) is 22.7. The van der Waals surface area contributed by atoms with E-state index < -0.39 is 0 Å². The van der Waals surface area contributed by atoms with Crippen LogP contribution in [0.4, 0.5) is 0 Å². The summed E-state index contributed by atoms with van der Waals surface area (Å²) in [6.45, 7) is 6.67. The van der Waals surface area contributed by atoms with Crippen molar-refractivity contribution < 1.29 is 9.59 Å². The minimum atomic E-state index is 0.0212. The van der Waals surface area contributed by atoms with E-state index in [-0.39, 0.29) is 11.8 Å². The van der Waals surface area contributed by atoms with Gasteiger partial charge < -0.3 is 14.4 Å². The predicted molar refractivity (Wildman–Crippen MR) is 136 cm³/mol. The molecular weight excluding hydrogens is 460 g/mol. The van der Waals surface area contributed by atoms with Crippen LogP contribution >= 0.6 is 11.3 Å². The molecule has 0 bridgehead atoms. The molecule has 3 fully saturated rings. The fourth-order valence-electron chi connectivity index (χ4n) is 5.96. The lowest BCUT2D eigenvalue weighted by atomic mass is 9.95. The van der Waals surface area contributed by atoms with Crippen molar-refractivity contribution in [1.29, 1.82) is 0 Å². The molecule has 2 saturated heterocycles. The number of fused-ring (bicyclic) bond motifs is 1. The maximum atomic E-state index is 13.2. The molecule has 4 heterocycles. The topological polar surface area (TPSA) is 74.6 Å². The normalized spacial score (nSPS) is 20.4. The summed E-state index contributed by atoms with van der Waals surface area (Å²) in [4.78, 5) is 40.9. The highest BCUT2D eigenvalue weighted by atomic mass is 32.1. The largest absolute Gasteiger partial charge is 0.335 e. The van der Waals surface area contributed by atoms with Gasteiger partial charge >= 0.3 is 0 Å². The lowest BCUT2D eigenvalue weighted by Crippen LogP contribution is -2.64. The summed E-state index contributed by atoms with van der Waals surface area (Å²) in [5.41, 5.74) is 5.04. The molecule has 0 atom stereocenters. The van der Waals surface area contributed by atoms with Crippen LogP contribution in [0, 0.1) is 6.92 Å². The Balaban J connectivity index is 1.06. The number of hydrogen-bond acceptors (Lipinski definition) is 6. The van der Waals surface area contributed by atoms with E-state index in [4.69, 9.17) is 4.98 Å². The average Bonchev–Trinajstić information content (AvgIpc) is 3.50. The number of imidazole rings is 1. The number of aromatic nitrogens is 3. The maximum Gasteiger partial charge on any atom is 0.273 e. The van der Waals surface area contributed by atoms with Gasteiger partial charge in [-0.15, -0.1) is 11.3 Å². The highest BCUT2D eigenvalue weighted by molar-refractivity contribution is 7.07. The van der Waals surface area contributed by atoms with Crippen LogP contribution in [-0.4, -0.2) is 86.4 Å². The quantitative estimate of drug-likeness (QED) is 0.557. The Hall–Kier alpha value is -2.78. The van der Waals surface area contributed by atoms with Gasteiger partial charge in [0, 0.05) is 62.3 Å². The number of piperazine rings is 1. The smallest absolute Gasteiger partial charge is 0.273 e. The molecule has 0 N–H and O–H groups in total. The number of amides is 2. The fraction of sp³-hybridized carbons (Fsp3) is 0.538. The molecule has 8 nitrogen and oxygen atoms in total. The SMILES string of the molecule is Cc1nc2cc(C(=O)N3CC(N4CCN(C(=O)c5cscn5)CC4)C3)ccc2n1C1CCCCC1.